The van der Waals surface area contributed by atoms with Crippen LogP contribution in [0.3, 0.4) is 0 Å². The van der Waals surface area contributed by atoms with Gasteiger partial charge in [0.15, 0.2) is 9.84 Å². The van der Waals surface area contributed by atoms with E-state index < -0.39 is 39.6 Å². The predicted octanol–water partition coefficient (Wildman–Crippen LogP) is -0.500. The number of nitriles is 1. The lowest BCUT2D eigenvalue weighted by atomic mass is 10.1. The molecule has 1 saturated heterocycles. The van der Waals surface area contributed by atoms with Crippen molar-refractivity contribution in [3.63, 3.8) is 0 Å². The van der Waals surface area contributed by atoms with Gasteiger partial charge in [-0.2, -0.15) is 5.26 Å². The maximum Gasteiger partial charge on any atom is 0.331 e. The zero-order valence-electron chi connectivity index (χ0n) is 16.0. The van der Waals surface area contributed by atoms with Crippen LogP contribution < -0.4 is 11.2 Å². The molecule has 1 amide bonds. The summed E-state index contributed by atoms with van der Waals surface area (Å²) >= 11 is 0. The van der Waals surface area contributed by atoms with E-state index in [9.17, 15) is 28.1 Å². The van der Waals surface area contributed by atoms with E-state index in [-0.39, 0.29) is 23.0 Å². The van der Waals surface area contributed by atoms with Gasteiger partial charge in [0.1, 0.15) is 18.2 Å². The van der Waals surface area contributed by atoms with Crippen molar-refractivity contribution in [3.8, 4) is 6.07 Å². The number of fused-ring (bicyclic) bond motifs is 1. The molecule has 0 bridgehead atoms. The van der Waals surface area contributed by atoms with Crippen LogP contribution >= 0.6 is 0 Å². The molecule has 1 fully saturated rings. The molecule has 0 aliphatic carbocycles. The normalized spacial score (nSPS) is 20.1. The van der Waals surface area contributed by atoms with Crippen LogP contribution in [-0.4, -0.2) is 52.5 Å². The molecule has 1 aromatic rings. The second-order valence-corrected chi connectivity index (χ2v) is 10.1. The zero-order valence-corrected chi connectivity index (χ0v) is 16.9. The third-order valence-electron chi connectivity index (χ3n) is 5.27. The Balaban J connectivity index is 1.96. The number of nitrogens with zero attached hydrogens (tertiary/aromatic N) is 4. The standard InChI is InChI=1S/C18H24N4O5S/c1-12(2)9-21(13-5-7-28(26,27)11-13)16(23)10-22-17(24)14(8-19)15-4-3-6-20(15)18(22)25/h12-13H,3-7,9-11H2,1-2H3/t13-/m1/s1. The molecule has 2 aliphatic rings. The Hall–Kier alpha value is -2.41. The van der Waals surface area contributed by atoms with Crippen LogP contribution in [0.4, 0.5) is 0 Å². The maximum atomic E-state index is 13.0. The minimum Gasteiger partial charge on any atom is -0.337 e. The first-order valence-electron chi connectivity index (χ1n) is 9.41. The summed E-state index contributed by atoms with van der Waals surface area (Å²) in [6.07, 6.45) is 1.50. The van der Waals surface area contributed by atoms with Crippen LogP contribution in [0.1, 0.15) is 37.9 Å². The van der Waals surface area contributed by atoms with E-state index in [0.29, 0.717) is 38.0 Å². The molecule has 1 atom stereocenters. The van der Waals surface area contributed by atoms with Crippen molar-refractivity contribution in [3.05, 3.63) is 32.1 Å². The number of rotatable bonds is 5. The number of sulfone groups is 1. The van der Waals surface area contributed by atoms with E-state index in [1.165, 1.54) is 9.47 Å². The molecule has 10 heteroatoms. The van der Waals surface area contributed by atoms with Crippen molar-refractivity contribution in [2.45, 2.75) is 52.2 Å². The van der Waals surface area contributed by atoms with Crippen molar-refractivity contribution in [1.29, 1.82) is 5.26 Å². The summed E-state index contributed by atoms with van der Waals surface area (Å²) < 4.78 is 25.9. The van der Waals surface area contributed by atoms with Crippen LogP contribution in [0.2, 0.25) is 0 Å². The summed E-state index contributed by atoms with van der Waals surface area (Å²) in [5.41, 5.74) is -1.00. The minimum absolute atomic E-state index is 0.0274. The third-order valence-corrected chi connectivity index (χ3v) is 7.02. The predicted molar refractivity (Wildman–Crippen MR) is 102 cm³/mol. The van der Waals surface area contributed by atoms with Gasteiger partial charge in [0.2, 0.25) is 5.91 Å². The van der Waals surface area contributed by atoms with Gasteiger partial charge in [-0.05, 0) is 25.2 Å². The van der Waals surface area contributed by atoms with E-state index in [2.05, 4.69) is 0 Å². The van der Waals surface area contributed by atoms with Gasteiger partial charge in [-0.3, -0.25) is 14.2 Å². The van der Waals surface area contributed by atoms with E-state index in [1.807, 2.05) is 19.9 Å². The first-order chi connectivity index (χ1) is 13.1. The number of carbonyl (C=O) groups is 1. The first kappa shape index (κ1) is 20.3. The fourth-order valence-electron chi connectivity index (χ4n) is 3.98. The second kappa shape index (κ2) is 7.54. The van der Waals surface area contributed by atoms with Crippen molar-refractivity contribution < 1.29 is 13.2 Å². The molecular weight excluding hydrogens is 384 g/mol. The van der Waals surface area contributed by atoms with E-state index in [0.717, 1.165) is 4.57 Å². The summed E-state index contributed by atoms with van der Waals surface area (Å²) in [5.74, 6) is -0.454. The van der Waals surface area contributed by atoms with Gasteiger partial charge in [-0.15, -0.1) is 0 Å². The number of amides is 1. The molecule has 0 radical (unpaired) electrons. The number of carbonyl (C=O) groups excluding carboxylic acids is 1. The highest BCUT2D eigenvalue weighted by Crippen LogP contribution is 2.20. The fraction of sp³-hybridized carbons (Fsp3) is 0.667. The zero-order chi connectivity index (χ0) is 20.6. The van der Waals surface area contributed by atoms with Gasteiger partial charge in [0.25, 0.3) is 5.56 Å². The Bertz CT molecular complexity index is 1060. The van der Waals surface area contributed by atoms with E-state index in [1.54, 1.807) is 0 Å². The molecule has 9 nitrogen and oxygen atoms in total. The van der Waals surface area contributed by atoms with Crippen LogP contribution in [0, 0.1) is 17.2 Å². The molecule has 2 aliphatic heterocycles. The third kappa shape index (κ3) is 3.76. The summed E-state index contributed by atoms with van der Waals surface area (Å²) in [7, 11) is -3.19. The lowest BCUT2D eigenvalue weighted by Gasteiger charge is -2.30. The van der Waals surface area contributed by atoms with Gasteiger partial charge in [-0.25, -0.2) is 17.8 Å². The lowest BCUT2D eigenvalue weighted by molar-refractivity contribution is -0.134. The van der Waals surface area contributed by atoms with Crippen molar-refractivity contribution in [2.75, 3.05) is 18.1 Å². The van der Waals surface area contributed by atoms with Crippen LogP contribution in [0.25, 0.3) is 0 Å². The van der Waals surface area contributed by atoms with Gasteiger partial charge in [-0.1, -0.05) is 13.8 Å². The van der Waals surface area contributed by atoms with Crippen LogP contribution in [-0.2, 0) is 34.1 Å². The number of aromatic nitrogens is 2. The van der Waals surface area contributed by atoms with Crippen molar-refractivity contribution in [2.24, 2.45) is 5.92 Å². The average molecular weight is 408 g/mol. The first-order valence-corrected chi connectivity index (χ1v) is 11.2. The summed E-state index contributed by atoms with van der Waals surface area (Å²) in [6.45, 7) is 4.08. The second-order valence-electron chi connectivity index (χ2n) is 7.86. The Kier molecular flexibility index (Phi) is 5.48. The number of hydrogen-bond acceptors (Lipinski definition) is 6. The van der Waals surface area contributed by atoms with Gasteiger partial charge < -0.3 is 4.90 Å². The Morgan fingerprint density at radius 1 is 1.36 bits per heavy atom. The Morgan fingerprint density at radius 3 is 2.64 bits per heavy atom. The molecule has 1 aromatic heterocycles. The summed E-state index contributed by atoms with van der Waals surface area (Å²) in [4.78, 5) is 39.8. The average Bonchev–Trinajstić information content (AvgIpc) is 3.23. The fourth-order valence-corrected chi connectivity index (χ4v) is 5.71. The molecule has 0 unspecified atom stereocenters. The lowest BCUT2D eigenvalue weighted by Crippen LogP contribution is -2.49. The van der Waals surface area contributed by atoms with Gasteiger partial charge in [0, 0.05) is 24.8 Å². The number of hydrogen-bond donors (Lipinski definition) is 0. The molecule has 0 saturated carbocycles. The van der Waals surface area contributed by atoms with E-state index >= 15 is 0 Å². The topological polar surface area (TPSA) is 122 Å². The highest BCUT2D eigenvalue weighted by Gasteiger charge is 2.35. The highest BCUT2D eigenvalue weighted by atomic mass is 32.2. The molecule has 28 heavy (non-hydrogen) atoms. The molecule has 3 heterocycles. The summed E-state index contributed by atoms with van der Waals surface area (Å²) in [5, 5.41) is 9.35. The van der Waals surface area contributed by atoms with Crippen molar-refractivity contribution >= 4 is 15.7 Å². The maximum absolute atomic E-state index is 13.0. The van der Waals surface area contributed by atoms with Gasteiger partial charge in [0.05, 0.1) is 11.5 Å². The summed E-state index contributed by atoms with van der Waals surface area (Å²) in [6, 6.07) is 1.41. The van der Waals surface area contributed by atoms with Crippen molar-refractivity contribution in [1.82, 2.24) is 14.0 Å². The Labute approximate surface area is 163 Å². The SMILES string of the molecule is CC(C)CN(C(=O)Cn1c(=O)c(C#N)c2n(c1=O)CCC2)[C@@H]1CCS(=O)(=O)C1. The largest absolute Gasteiger partial charge is 0.337 e. The molecular formula is C18H24N4O5S. The van der Waals surface area contributed by atoms with E-state index in [4.69, 9.17) is 0 Å². The molecule has 152 valence electrons. The molecule has 0 N–H and O–H groups in total. The smallest absolute Gasteiger partial charge is 0.331 e. The van der Waals surface area contributed by atoms with Gasteiger partial charge >= 0.3 is 5.69 Å². The monoisotopic (exact) mass is 408 g/mol. The van der Waals surface area contributed by atoms with Crippen LogP contribution in [0.15, 0.2) is 9.59 Å². The molecule has 0 spiro atoms. The highest BCUT2D eigenvalue weighted by molar-refractivity contribution is 7.91. The molecule has 3 rings (SSSR count). The Morgan fingerprint density at radius 2 is 2.07 bits per heavy atom. The van der Waals surface area contributed by atoms with Crippen LogP contribution in [0.5, 0.6) is 0 Å². The quantitative estimate of drug-likeness (QED) is 0.647. The molecule has 0 aromatic carbocycles. The minimum atomic E-state index is -3.19.